The first-order chi connectivity index (χ1) is 10.8. The Morgan fingerprint density at radius 3 is 2.77 bits per heavy atom. The van der Waals surface area contributed by atoms with Gasteiger partial charge in [0.1, 0.15) is 0 Å². The Balaban J connectivity index is 1.90. The molecule has 108 valence electrons. The molecule has 0 amide bonds. The van der Waals surface area contributed by atoms with E-state index in [9.17, 15) is 0 Å². The normalized spacial score (nSPS) is 16.4. The molecule has 0 atom stereocenters. The molecule has 4 rings (SSSR count). The zero-order valence-electron chi connectivity index (χ0n) is 11.8. The minimum absolute atomic E-state index is 0.720. The van der Waals surface area contributed by atoms with E-state index in [-0.39, 0.29) is 0 Å². The number of nitrogens with one attached hydrogen (secondary N) is 1. The van der Waals surface area contributed by atoms with Crippen molar-refractivity contribution in [1.82, 2.24) is 4.98 Å². The lowest BCUT2D eigenvalue weighted by Gasteiger charge is -2.21. The summed E-state index contributed by atoms with van der Waals surface area (Å²) in [6.45, 7) is 0. The lowest BCUT2D eigenvalue weighted by Crippen LogP contribution is -2.09. The number of para-hydroxylation sites is 1. The highest BCUT2D eigenvalue weighted by molar-refractivity contribution is 6.30. The molecule has 0 radical (unpaired) electrons. The number of fused-ring (bicyclic) bond motifs is 2. The highest BCUT2D eigenvalue weighted by Crippen LogP contribution is 2.38. The average molecular weight is 308 g/mol. The number of hydrogen-bond donors (Lipinski definition) is 1. The third kappa shape index (κ3) is 2.30. The number of pyridine rings is 1. The van der Waals surface area contributed by atoms with Crippen LogP contribution >= 0.6 is 11.6 Å². The van der Waals surface area contributed by atoms with Crippen molar-refractivity contribution in [3.05, 3.63) is 83.3 Å². The zero-order valence-corrected chi connectivity index (χ0v) is 12.6. The number of hydrogen-bond acceptors (Lipinski definition) is 3. The summed E-state index contributed by atoms with van der Waals surface area (Å²) in [5.74, 6) is 0.843. The molecule has 1 aromatic carbocycles. The monoisotopic (exact) mass is 307 g/mol. The van der Waals surface area contributed by atoms with Gasteiger partial charge in [0, 0.05) is 35.2 Å². The van der Waals surface area contributed by atoms with Crippen molar-refractivity contribution in [1.29, 1.82) is 0 Å². The summed E-state index contributed by atoms with van der Waals surface area (Å²) in [4.78, 5) is 6.64. The summed E-state index contributed by atoms with van der Waals surface area (Å²) in [5, 5.41) is 4.26. The van der Waals surface area contributed by atoms with Crippen LogP contribution in [0, 0.1) is 0 Å². The first-order valence-corrected chi connectivity index (χ1v) is 7.53. The summed E-state index contributed by atoms with van der Waals surface area (Å²) in [6.07, 6.45) is 8.59. The second-order valence-electron chi connectivity index (χ2n) is 5.23. The standard InChI is InChI=1S/C18H14ClN3/c19-14-8-9-16-13(11-14)12-22(15-5-2-1-3-6-15)17-7-4-10-20-18(17)21-16/h1-10,12H,11H2,(H,20,21). The Morgan fingerprint density at radius 1 is 1.05 bits per heavy atom. The molecule has 0 bridgehead atoms. The highest BCUT2D eigenvalue weighted by atomic mass is 35.5. The van der Waals surface area contributed by atoms with Gasteiger partial charge in [-0.1, -0.05) is 29.8 Å². The smallest absolute Gasteiger partial charge is 0.154 e. The topological polar surface area (TPSA) is 28.2 Å². The van der Waals surface area contributed by atoms with Gasteiger partial charge < -0.3 is 10.2 Å². The first-order valence-electron chi connectivity index (χ1n) is 7.15. The van der Waals surface area contributed by atoms with Crippen molar-refractivity contribution in [2.75, 3.05) is 10.2 Å². The Morgan fingerprint density at radius 2 is 1.91 bits per heavy atom. The third-order valence-electron chi connectivity index (χ3n) is 3.75. The van der Waals surface area contributed by atoms with Gasteiger partial charge in [-0.25, -0.2) is 4.98 Å². The second kappa shape index (κ2) is 5.35. The predicted molar refractivity (Wildman–Crippen MR) is 91.2 cm³/mol. The maximum absolute atomic E-state index is 6.21. The van der Waals surface area contributed by atoms with Crippen LogP contribution in [0.5, 0.6) is 0 Å². The number of benzene rings is 1. The van der Waals surface area contributed by atoms with Crippen LogP contribution in [0.15, 0.2) is 83.3 Å². The molecule has 2 aromatic rings. The molecule has 22 heavy (non-hydrogen) atoms. The van der Waals surface area contributed by atoms with E-state index >= 15 is 0 Å². The van der Waals surface area contributed by atoms with E-state index in [0.717, 1.165) is 39.9 Å². The molecule has 1 aliphatic carbocycles. The number of aromatic nitrogens is 1. The molecule has 0 spiro atoms. The molecule has 0 saturated carbocycles. The van der Waals surface area contributed by atoms with Gasteiger partial charge in [-0.05, 0) is 42.0 Å². The van der Waals surface area contributed by atoms with Crippen molar-refractivity contribution in [2.45, 2.75) is 6.42 Å². The second-order valence-corrected chi connectivity index (χ2v) is 5.71. The summed E-state index contributed by atoms with van der Waals surface area (Å²) in [5.41, 5.74) is 4.31. The fourth-order valence-corrected chi connectivity index (χ4v) is 2.90. The number of allylic oxidation sites excluding steroid dienone is 4. The molecule has 2 heterocycles. The Bertz CT molecular complexity index is 806. The van der Waals surface area contributed by atoms with E-state index in [0.29, 0.717) is 0 Å². The number of rotatable bonds is 1. The van der Waals surface area contributed by atoms with Crippen molar-refractivity contribution in [3.63, 3.8) is 0 Å². The highest BCUT2D eigenvalue weighted by Gasteiger charge is 2.22. The molecule has 1 aromatic heterocycles. The summed E-state index contributed by atoms with van der Waals surface area (Å²) < 4.78 is 0. The van der Waals surface area contributed by atoms with E-state index in [2.05, 4.69) is 39.6 Å². The largest absolute Gasteiger partial charge is 0.338 e. The van der Waals surface area contributed by atoms with Gasteiger partial charge >= 0.3 is 0 Å². The molecule has 1 N–H and O–H groups in total. The molecular weight excluding hydrogens is 294 g/mol. The van der Waals surface area contributed by atoms with E-state index in [4.69, 9.17) is 11.6 Å². The predicted octanol–water partition coefficient (Wildman–Crippen LogP) is 4.94. The molecule has 3 nitrogen and oxygen atoms in total. The van der Waals surface area contributed by atoms with Crippen molar-refractivity contribution >= 4 is 28.8 Å². The van der Waals surface area contributed by atoms with E-state index in [1.807, 2.05) is 36.4 Å². The maximum Gasteiger partial charge on any atom is 0.154 e. The maximum atomic E-state index is 6.21. The molecule has 0 saturated heterocycles. The number of nitrogens with zero attached hydrogens (tertiary/aromatic N) is 2. The lowest BCUT2D eigenvalue weighted by atomic mass is 10.0. The van der Waals surface area contributed by atoms with Crippen LogP contribution < -0.4 is 10.2 Å². The van der Waals surface area contributed by atoms with Crippen molar-refractivity contribution in [3.8, 4) is 0 Å². The van der Waals surface area contributed by atoms with E-state index in [1.54, 1.807) is 6.20 Å². The average Bonchev–Trinajstić information content (AvgIpc) is 2.72. The Kier molecular flexibility index (Phi) is 3.20. The quantitative estimate of drug-likeness (QED) is 0.809. The molecule has 1 aliphatic heterocycles. The lowest BCUT2D eigenvalue weighted by molar-refractivity contribution is 1.14. The minimum atomic E-state index is 0.720. The molecule has 4 heteroatoms. The van der Waals surface area contributed by atoms with Gasteiger partial charge in [0.2, 0.25) is 0 Å². The fraction of sp³-hybridized carbons (Fsp3) is 0.0556. The van der Waals surface area contributed by atoms with Gasteiger partial charge in [0.25, 0.3) is 0 Å². The van der Waals surface area contributed by atoms with Gasteiger partial charge in [-0.15, -0.1) is 0 Å². The van der Waals surface area contributed by atoms with Crippen molar-refractivity contribution < 1.29 is 0 Å². The zero-order chi connectivity index (χ0) is 14.9. The van der Waals surface area contributed by atoms with Crippen LogP contribution in [0.2, 0.25) is 0 Å². The molecule has 0 fully saturated rings. The van der Waals surface area contributed by atoms with Crippen LogP contribution in [0.4, 0.5) is 17.2 Å². The number of halogens is 1. The molecule has 2 aliphatic rings. The summed E-state index contributed by atoms with van der Waals surface area (Å²) in [7, 11) is 0. The Labute approximate surface area is 134 Å². The van der Waals surface area contributed by atoms with Crippen LogP contribution in [0.3, 0.4) is 0 Å². The van der Waals surface area contributed by atoms with Crippen LogP contribution in [-0.2, 0) is 0 Å². The van der Waals surface area contributed by atoms with Gasteiger partial charge in [-0.3, -0.25) is 0 Å². The summed E-state index contributed by atoms with van der Waals surface area (Å²) >= 11 is 6.21. The van der Waals surface area contributed by atoms with Crippen LogP contribution in [0.25, 0.3) is 0 Å². The third-order valence-corrected chi connectivity index (χ3v) is 4.01. The van der Waals surface area contributed by atoms with Crippen molar-refractivity contribution in [2.24, 2.45) is 0 Å². The van der Waals surface area contributed by atoms with Gasteiger partial charge in [0.05, 0.1) is 5.69 Å². The SMILES string of the molecule is ClC1=CC=C2Nc3ncccc3N(c3ccccc3)C=C2C1. The van der Waals surface area contributed by atoms with E-state index in [1.165, 1.54) is 0 Å². The molecule has 0 unspecified atom stereocenters. The van der Waals surface area contributed by atoms with Crippen LogP contribution in [0.1, 0.15) is 6.42 Å². The summed E-state index contributed by atoms with van der Waals surface area (Å²) in [6, 6.07) is 14.3. The number of anilines is 3. The first kappa shape index (κ1) is 13.2. The van der Waals surface area contributed by atoms with Crippen LogP contribution in [-0.4, -0.2) is 4.98 Å². The van der Waals surface area contributed by atoms with Gasteiger partial charge in [0.15, 0.2) is 5.82 Å². The van der Waals surface area contributed by atoms with E-state index < -0.39 is 0 Å². The molecular formula is C18H14ClN3. The fourth-order valence-electron chi connectivity index (χ4n) is 2.70. The minimum Gasteiger partial charge on any atom is -0.338 e. The van der Waals surface area contributed by atoms with Gasteiger partial charge in [-0.2, -0.15) is 0 Å². The Hall–Kier alpha value is -2.52.